The number of urea groups is 1. The largest absolute Gasteiger partial charge is 0.477 e. The number of aliphatic carboxylic acids is 1. The SMILES string of the molecule is CCO.O=C1NC(=O)C(C2CC(SC3=C(C(=O)O)N4C(=O)CC4C3)CN2)N1. The van der Waals surface area contributed by atoms with Gasteiger partial charge in [-0.15, -0.1) is 11.8 Å². The molecule has 0 spiro atoms. The zero-order valence-electron chi connectivity index (χ0n) is 14.7. The fourth-order valence-corrected chi connectivity index (χ4v) is 5.19. The number of amides is 4. The van der Waals surface area contributed by atoms with Gasteiger partial charge in [0.05, 0.1) is 6.04 Å². The van der Waals surface area contributed by atoms with Crippen LogP contribution in [-0.2, 0) is 14.4 Å². The van der Waals surface area contributed by atoms with Crippen molar-refractivity contribution in [3.63, 3.8) is 0 Å². The summed E-state index contributed by atoms with van der Waals surface area (Å²) in [6.07, 6.45) is 1.62. The van der Waals surface area contributed by atoms with Crippen LogP contribution in [0.5, 0.6) is 0 Å². The lowest BCUT2D eigenvalue weighted by atomic mass is 10.0. The Hall–Kier alpha value is -2.11. The monoisotopic (exact) mass is 398 g/mol. The van der Waals surface area contributed by atoms with Crippen molar-refractivity contribution in [2.45, 2.75) is 49.6 Å². The van der Waals surface area contributed by atoms with Gasteiger partial charge in [0.2, 0.25) is 5.91 Å². The summed E-state index contributed by atoms with van der Waals surface area (Å²) >= 11 is 1.46. The molecule has 3 fully saturated rings. The summed E-state index contributed by atoms with van der Waals surface area (Å²) in [5.41, 5.74) is 0.108. The van der Waals surface area contributed by atoms with Crippen LogP contribution >= 0.6 is 11.8 Å². The van der Waals surface area contributed by atoms with Crippen LogP contribution in [-0.4, -0.2) is 75.5 Å². The Morgan fingerprint density at radius 3 is 2.56 bits per heavy atom. The number of fused-ring (bicyclic) bond motifs is 1. The number of aliphatic hydroxyl groups excluding tert-OH is 1. The molecule has 0 aromatic rings. The van der Waals surface area contributed by atoms with Gasteiger partial charge in [-0.25, -0.2) is 9.59 Å². The van der Waals surface area contributed by atoms with E-state index in [4.69, 9.17) is 5.11 Å². The molecule has 4 unspecified atom stereocenters. The first-order valence-corrected chi connectivity index (χ1v) is 9.64. The second-order valence-corrected chi connectivity index (χ2v) is 8.04. The number of carbonyl (C=O) groups is 4. The third-order valence-corrected chi connectivity index (χ3v) is 6.15. The summed E-state index contributed by atoms with van der Waals surface area (Å²) in [5.74, 6) is -1.55. The average molecular weight is 398 g/mol. The molecule has 4 aliphatic rings. The molecule has 4 rings (SSSR count). The van der Waals surface area contributed by atoms with Crippen LogP contribution in [0.3, 0.4) is 0 Å². The number of hydrogen-bond acceptors (Lipinski definition) is 7. The number of carboxylic acid groups (broad SMARTS) is 1. The zero-order chi connectivity index (χ0) is 19.7. The van der Waals surface area contributed by atoms with Gasteiger partial charge in [-0.2, -0.15) is 0 Å². The lowest BCUT2D eigenvalue weighted by molar-refractivity contribution is -0.147. The Labute approximate surface area is 159 Å². The highest BCUT2D eigenvalue weighted by molar-refractivity contribution is 8.03. The topological polar surface area (TPSA) is 148 Å². The molecule has 148 valence electrons. The third kappa shape index (κ3) is 3.80. The van der Waals surface area contributed by atoms with Crippen molar-refractivity contribution in [2.75, 3.05) is 13.2 Å². The van der Waals surface area contributed by atoms with E-state index in [0.717, 1.165) is 4.91 Å². The molecule has 0 bridgehead atoms. The quantitative estimate of drug-likeness (QED) is 0.298. The minimum atomic E-state index is -1.07. The van der Waals surface area contributed by atoms with Crippen LogP contribution in [0, 0.1) is 0 Å². The molecule has 0 aromatic heterocycles. The molecule has 3 saturated heterocycles. The lowest BCUT2D eigenvalue weighted by Gasteiger charge is -2.34. The van der Waals surface area contributed by atoms with Crippen molar-refractivity contribution < 1.29 is 29.4 Å². The fraction of sp³-hybridized carbons (Fsp3) is 0.625. The Balaban J connectivity index is 0.000000659. The number of carboxylic acids is 1. The fourth-order valence-electron chi connectivity index (χ4n) is 3.72. The van der Waals surface area contributed by atoms with E-state index in [-0.39, 0.29) is 41.5 Å². The predicted molar refractivity (Wildman–Crippen MR) is 95.5 cm³/mol. The second kappa shape index (κ2) is 7.87. The highest BCUT2D eigenvalue weighted by atomic mass is 32.2. The van der Waals surface area contributed by atoms with Crippen LogP contribution < -0.4 is 16.0 Å². The van der Waals surface area contributed by atoms with Crippen LogP contribution in [0.2, 0.25) is 0 Å². The Morgan fingerprint density at radius 1 is 1.30 bits per heavy atom. The number of imide groups is 1. The van der Waals surface area contributed by atoms with Crippen LogP contribution in [0.4, 0.5) is 4.79 Å². The molecule has 0 saturated carbocycles. The molecule has 0 radical (unpaired) electrons. The predicted octanol–water partition coefficient (Wildman–Crippen LogP) is -1.04. The standard InChI is InChI=1S/C14H16N4O5S.C2H6O/c19-9-2-5-1-8(11(13(21)22)18(5)9)24-6-3-7(15-4-6)10-12(20)17-14(23)16-10;1-2-3/h5-7,10,15H,1-4H2,(H,21,22)(H2,16,17,20,23);3H,2H2,1H3. The number of thioether (sulfide) groups is 1. The molecule has 4 amide bonds. The van der Waals surface area contributed by atoms with Crippen LogP contribution in [0.25, 0.3) is 0 Å². The van der Waals surface area contributed by atoms with E-state index in [2.05, 4.69) is 16.0 Å². The van der Waals surface area contributed by atoms with E-state index in [1.54, 1.807) is 6.92 Å². The number of nitrogens with one attached hydrogen (secondary N) is 3. The van der Waals surface area contributed by atoms with Crippen molar-refractivity contribution >= 4 is 35.6 Å². The van der Waals surface area contributed by atoms with E-state index in [0.29, 0.717) is 25.8 Å². The molecule has 4 aliphatic heterocycles. The number of carbonyl (C=O) groups excluding carboxylic acids is 3. The Bertz CT molecular complexity index is 711. The highest BCUT2D eigenvalue weighted by Crippen LogP contribution is 2.45. The van der Waals surface area contributed by atoms with Crippen molar-refractivity contribution in [1.82, 2.24) is 20.9 Å². The average Bonchev–Trinajstić information content (AvgIpc) is 3.24. The zero-order valence-corrected chi connectivity index (χ0v) is 15.5. The smallest absolute Gasteiger partial charge is 0.353 e. The number of aliphatic hydroxyl groups is 1. The van der Waals surface area contributed by atoms with Crippen molar-refractivity contribution in [3.8, 4) is 0 Å². The molecule has 11 heteroatoms. The molecule has 27 heavy (non-hydrogen) atoms. The first kappa shape index (κ1) is 19.6. The summed E-state index contributed by atoms with van der Waals surface area (Å²) < 4.78 is 0. The van der Waals surface area contributed by atoms with E-state index in [1.807, 2.05) is 0 Å². The van der Waals surface area contributed by atoms with Gasteiger partial charge in [-0.1, -0.05) is 0 Å². The summed E-state index contributed by atoms with van der Waals surface area (Å²) in [5, 5.41) is 25.1. The Kier molecular flexibility index (Phi) is 5.72. The number of hydrogen-bond donors (Lipinski definition) is 5. The lowest BCUT2D eigenvalue weighted by Crippen LogP contribution is -2.49. The Morgan fingerprint density at radius 2 is 2.00 bits per heavy atom. The summed E-state index contributed by atoms with van der Waals surface area (Å²) in [4.78, 5) is 48.2. The maximum atomic E-state index is 11.7. The molecule has 10 nitrogen and oxygen atoms in total. The number of rotatable bonds is 4. The highest BCUT2D eigenvalue weighted by Gasteiger charge is 2.48. The molecule has 4 heterocycles. The minimum absolute atomic E-state index is 0.0174. The molecular weight excluding hydrogens is 376 g/mol. The van der Waals surface area contributed by atoms with Crippen LogP contribution in [0.1, 0.15) is 26.2 Å². The maximum Gasteiger partial charge on any atom is 0.353 e. The van der Waals surface area contributed by atoms with E-state index in [1.165, 1.54) is 16.7 Å². The van der Waals surface area contributed by atoms with E-state index < -0.39 is 18.0 Å². The van der Waals surface area contributed by atoms with Gasteiger partial charge < -0.3 is 25.7 Å². The van der Waals surface area contributed by atoms with Gasteiger partial charge in [0.1, 0.15) is 11.7 Å². The van der Waals surface area contributed by atoms with Crippen molar-refractivity contribution in [1.29, 1.82) is 0 Å². The summed E-state index contributed by atoms with van der Waals surface area (Å²) in [6, 6.07) is -1.28. The van der Waals surface area contributed by atoms with E-state index in [9.17, 15) is 24.3 Å². The number of nitrogens with zero attached hydrogens (tertiary/aromatic N) is 1. The second-order valence-electron chi connectivity index (χ2n) is 6.65. The molecule has 4 atom stereocenters. The normalized spacial score (nSPS) is 31.8. The number of β-lactam (4-membered cyclic amide) rings is 1. The van der Waals surface area contributed by atoms with Gasteiger partial charge in [0.15, 0.2) is 0 Å². The molecule has 0 aliphatic carbocycles. The molecule has 0 aromatic carbocycles. The first-order chi connectivity index (χ1) is 12.8. The summed E-state index contributed by atoms with van der Waals surface area (Å²) in [6.45, 7) is 2.55. The van der Waals surface area contributed by atoms with Crippen molar-refractivity contribution in [3.05, 3.63) is 10.6 Å². The van der Waals surface area contributed by atoms with Gasteiger partial charge in [0.25, 0.3) is 5.91 Å². The maximum absolute atomic E-state index is 11.7. The first-order valence-electron chi connectivity index (χ1n) is 8.76. The van der Waals surface area contributed by atoms with E-state index >= 15 is 0 Å². The molecular formula is C16H22N4O6S. The summed E-state index contributed by atoms with van der Waals surface area (Å²) in [7, 11) is 0. The van der Waals surface area contributed by atoms with Crippen LogP contribution in [0.15, 0.2) is 10.6 Å². The third-order valence-electron chi connectivity index (χ3n) is 4.81. The van der Waals surface area contributed by atoms with Gasteiger partial charge in [0, 0.05) is 42.2 Å². The van der Waals surface area contributed by atoms with Gasteiger partial charge in [-0.05, 0) is 13.3 Å². The molecule has 5 N–H and O–H groups in total. The van der Waals surface area contributed by atoms with Crippen molar-refractivity contribution in [2.24, 2.45) is 0 Å². The minimum Gasteiger partial charge on any atom is -0.477 e. The van der Waals surface area contributed by atoms with Gasteiger partial charge in [-0.3, -0.25) is 14.9 Å². The van der Waals surface area contributed by atoms with Gasteiger partial charge >= 0.3 is 12.0 Å².